The minimum Gasteiger partial charge on any atom is -0.506 e. The molecule has 1 aromatic carbocycles. The number of para-hydroxylation sites is 1. The maximum atomic E-state index is 12.7. The standard InChI is InChI=1S/C15H9F3N2O2/c16-15(17,18)12-6-2-4-10(20-12)14(22)9-7-19-13-8(9)3-1-5-11(13)21/h1-7,19,21H. The van der Waals surface area contributed by atoms with E-state index in [2.05, 4.69) is 9.97 Å². The van der Waals surface area contributed by atoms with Crippen LogP contribution >= 0.6 is 0 Å². The average Bonchev–Trinajstić information content (AvgIpc) is 2.91. The van der Waals surface area contributed by atoms with Gasteiger partial charge in [-0.3, -0.25) is 4.79 Å². The number of phenols is 1. The summed E-state index contributed by atoms with van der Waals surface area (Å²) in [6.07, 6.45) is -3.27. The quantitative estimate of drug-likeness (QED) is 0.712. The van der Waals surface area contributed by atoms with Crippen molar-refractivity contribution >= 4 is 16.7 Å². The SMILES string of the molecule is O=C(c1cccc(C(F)(F)F)n1)c1c[nH]c2c(O)cccc12. The first-order valence-electron chi connectivity index (χ1n) is 6.26. The molecule has 0 unspecified atom stereocenters. The number of alkyl halides is 3. The van der Waals surface area contributed by atoms with E-state index in [9.17, 15) is 23.1 Å². The van der Waals surface area contributed by atoms with Crippen LogP contribution in [0.3, 0.4) is 0 Å². The van der Waals surface area contributed by atoms with Crippen molar-refractivity contribution < 1.29 is 23.1 Å². The Bertz CT molecular complexity index is 869. The van der Waals surface area contributed by atoms with Crippen molar-refractivity contribution in [3.05, 3.63) is 59.5 Å². The lowest BCUT2D eigenvalue weighted by Crippen LogP contribution is -2.12. The van der Waals surface area contributed by atoms with E-state index >= 15 is 0 Å². The van der Waals surface area contributed by atoms with Gasteiger partial charge in [0.1, 0.15) is 17.1 Å². The van der Waals surface area contributed by atoms with E-state index in [1.165, 1.54) is 18.3 Å². The van der Waals surface area contributed by atoms with Gasteiger partial charge in [0.2, 0.25) is 5.78 Å². The third-order valence-electron chi connectivity index (χ3n) is 3.21. The first-order valence-corrected chi connectivity index (χ1v) is 6.26. The van der Waals surface area contributed by atoms with Crippen molar-refractivity contribution in [1.82, 2.24) is 9.97 Å². The number of pyridine rings is 1. The fourth-order valence-corrected chi connectivity index (χ4v) is 2.18. The van der Waals surface area contributed by atoms with Gasteiger partial charge < -0.3 is 10.1 Å². The summed E-state index contributed by atoms with van der Waals surface area (Å²) < 4.78 is 38.0. The van der Waals surface area contributed by atoms with E-state index in [1.807, 2.05) is 0 Å². The van der Waals surface area contributed by atoms with Crippen molar-refractivity contribution in [2.45, 2.75) is 6.18 Å². The molecule has 0 aliphatic heterocycles. The zero-order valence-corrected chi connectivity index (χ0v) is 11.0. The molecule has 2 heterocycles. The third kappa shape index (κ3) is 2.30. The number of nitrogens with one attached hydrogen (secondary N) is 1. The monoisotopic (exact) mass is 306 g/mol. The smallest absolute Gasteiger partial charge is 0.433 e. The van der Waals surface area contributed by atoms with E-state index in [4.69, 9.17) is 0 Å². The van der Waals surface area contributed by atoms with Gasteiger partial charge >= 0.3 is 6.18 Å². The maximum absolute atomic E-state index is 12.7. The Labute approximate surface area is 122 Å². The van der Waals surface area contributed by atoms with Gasteiger partial charge in [-0.05, 0) is 18.2 Å². The number of benzene rings is 1. The van der Waals surface area contributed by atoms with Crippen LogP contribution < -0.4 is 0 Å². The van der Waals surface area contributed by atoms with Crippen LogP contribution in [0, 0.1) is 0 Å². The number of carbonyl (C=O) groups excluding carboxylic acids is 1. The van der Waals surface area contributed by atoms with Crippen LogP contribution in [0.5, 0.6) is 5.75 Å². The lowest BCUT2D eigenvalue weighted by molar-refractivity contribution is -0.141. The fraction of sp³-hybridized carbons (Fsp3) is 0.0667. The number of ketones is 1. The summed E-state index contributed by atoms with van der Waals surface area (Å²) in [6, 6.07) is 7.73. The lowest BCUT2D eigenvalue weighted by Gasteiger charge is -2.06. The lowest BCUT2D eigenvalue weighted by atomic mass is 10.1. The highest BCUT2D eigenvalue weighted by Crippen LogP contribution is 2.29. The van der Waals surface area contributed by atoms with Crippen molar-refractivity contribution in [3.8, 4) is 5.75 Å². The van der Waals surface area contributed by atoms with E-state index in [-0.39, 0.29) is 17.0 Å². The Kier molecular flexibility index (Phi) is 3.13. The number of halogens is 3. The molecule has 0 fully saturated rings. The molecular formula is C15H9F3N2O2. The molecule has 3 aromatic rings. The van der Waals surface area contributed by atoms with Crippen LogP contribution in [-0.2, 0) is 6.18 Å². The molecule has 2 aromatic heterocycles. The predicted molar refractivity (Wildman–Crippen MR) is 72.6 cm³/mol. The van der Waals surface area contributed by atoms with Gasteiger partial charge in [-0.1, -0.05) is 18.2 Å². The third-order valence-corrected chi connectivity index (χ3v) is 3.21. The van der Waals surface area contributed by atoms with Gasteiger partial charge in [-0.25, -0.2) is 4.98 Å². The van der Waals surface area contributed by atoms with Crippen LogP contribution in [0.2, 0.25) is 0 Å². The number of aromatic amines is 1. The van der Waals surface area contributed by atoms with Gasteiger partial charge in [-0.2, -0.15) is 13.2 Å². The molecule has 0 spiro atoms. The normalized spacial score (nSPS) is 11.8. The van der Waals surface area contributed by atoms with Crippen molar-refractivity contribution in [1.29, 1.82) is 0 Å². The van der Waals surface area contributed by atoms with Crippen LogP contribution in [0.25, 0.3) is 10.9 Å². The number of rotatable bonds is 2. The number of phenolic OH excluding ortho intramolecular Hbond substituents is 1. The van der Waals surface area contributed by atoms with Crippen molar-refractivity contribution in [3.63, 3.8) is 0 Å². The van der Waals surface area contributed by atoms with Gasteiger partial charge in [0, 0.05) is 17.1 Å². The summed E-state index contributed by atoms with van der Waals surface area (Å²) in [6.45, 7) is 0. The minimum absolute atomic E-state index is 0.0476. The minimum atomic E-state index is -4.62. The first kappa shape index (κ1) is 14.1. The molecule has 0 saturated carbocycles. The van der Waals surface area contributed by atoms with Gasteiger partial charge in [0.15, 0.2) is 0 Å². The van der Waals surface area contributed by atoms with Gasteiger partial charge in [0.05, 0.1) is 5.52 Å². The van der Waals surface area contributed by atoms with E-state index < -0.39 is 17.7 Å². The number of aromatic nitrogens is 2. The second-order valence-corrected chi connectivity index (χ2v) is 4.64. The topological polar surface area (TPSA) is 66.0 Å². The van der Waals surface area contributed by atoms with E-state index in [0.717, 1.165) is 12.1 Å². The highest BCUT2D eigenvalue weighted by molar-refractivity contribution is 6.16. The van der Waals surface area contributed by atoms with Crippen LogP contribution in [-0.4, -0.2) is 20.9 Å². The molecule has 22 heavy (non-hydrogen) atoms. The number of hydrogen-bond donors (Lipinski definition) is 2. The second-order valence-electron chi connectivity index (χ2n) is 4.64. The number of aromatic hydroxyl groups is 1. The van der Waals surface area contributed by atoms with E-state index in [0.29, 0.717) is 10.9 Å². The molecule has 0 amide bonds. The Hall–Kier alpha value is -2.83. The number of carbonyl (C=O) groups is 1. The molecule has 0 atom stereocenters. The number of nitrogens with zero attached hydrogens (tertiary/aromatic N) is 1. The van der Waals surface area contributed by atoms with Crippen LogP contribution in [0.4, 0.5) is 13.2 Å². The maximum Gasteiger partial charge on any atom is 0.433 e. The summed E-state index contributed by atoms with van der Waals surface area (Å²) in [5.74, 6) is -0.698. The molecule has 112 valence electrons. The van der Waals surface area contributed by atoms with Crippen LogP contribution in [0.15, 0.2) is 42.6 Å². The Morgan fingerprint density at radius 2 is 1.86 bits per heavy atom. The van der Waals surface area contributed by atoms with Crippen molar-refractivity contribution in [2.75, 3.05) is 0 Å². The molecule has 2 N–H and O–H groups in total. The van der Waals surface area contributed by atoms with E-state index in [1.54, 1.807) is 12.1 Å². The Morgan fingerprint density at radius 1 is 1.14 bits per heavy atom. The summed E-state index contributed by atoms with van der Waals surface area (Å²) >= 11 is 0. The highest BCUT2D eigenvalue weighted by Gasteiger charge is 2.33. The zero-order valence-electron chi connectivity index (χ0n) is 11.0. The molecule has 3 rings (SSSR count). The predicted octanol–water partition coefficient (Wildman–Crippen LogP) is 3.52. The number of hydrogen-bond acceptors (Lipinski definition) is 3. The summed E-state index contributed by atoms with van der Waals surface area (Å²) in [7, 11) is 0. The fourth-order valence-electron chi connectivity index (χ4n) is 2.18. The number of H-pyrrole nitrogens is 1. The molecular weight excluding hydrogens is 297 g/mol. The Balaban J connectivity index is 2.09. The number of fused-ring (bicyclic) bond motifs is 1. The van der Waals surface area contributed by atoms with Gasteiger partial charge in [-0.15, -0.1) is 0 Å². The molecule has 0 radical (unpaired) electrons. The second kappa shape index (κ2) is 4.87. The largest absolute Gasteiger partial charge is 0.506 e. The molecule has 0 saturated heterocycles. The highest BCUT2D eigenvalue weighted by atomic mass is 19.4. The molecule has 4 nitrogen and oxygen atoms in total. The first-order chi connectivity index (χ1) is 10.4. The summed E-state index contributed by atoms with van der Waals surface area (Å²) in [5, 5.41) is 10.1. The molecule has 0 bridgehead atoms. The van der Waals surface area contributed by atoms with Crippen molar-refractivity contribution in [2.24, 2.45) is 0 Å². The summed E-state index contributed by atoms with van der Waals surface area (Å²) in [4.78, 5) is 18.5. The van der Waals surface area contributed by atoms with Crippen LogP contribution in [0.1, 0.15) is 21.7 Å². The Morgan fingerprint density at radius 3 is 2.59 bits per heavy atom. The molecule has 7 heteroatoms. The molecule has 0 aliphatic rings. The summed E-state index contributed by atoms with van der Waals surface area (Å²) in [5.41, 5.74) is -0.935. The average molecular weight is 306 g/mol. The zero-order chi connectivity index (χ0) is 15.9. The molecule has 0 aliphatic carbocycles. The van der Waals surface area contributed by atoms with Gasteiger partial charge in [0.25, 0.3) is 0 Å².